The Labute approximate surface area is 122 Å². The molecule has 0 saturated carbocycles. The standard InChI is InChI=1S/C11H18N4O3S2/c1-11(2,3)8(16)12-9-13-14-10(19-9)20(17,18)15-6-4-5-7-15/h4-7H2,1-3H3,(H,12,13,16). The molecule has 112 valence electrons. The first-order chi connectivity index (χ1) is 9.21. The molecule has 1 aromatic rings. The minimum atomic E-state index is -3.56. The summed E-state index contributed by atoms with van der Waals surface area (Å²) in [6.45, 7) is 6.35. The molecule has 2 rings (SSSR count). The van der Waals surface area contributed by atoms with Crippen molar-refractivity contribution >= 4 is 32.4 Å². The summed E-state index contributed by atoms with van der Waals surface area (Å²) in [6, 6.07) is 0. The largest absolute Gasteiger partial charge is 0.300 e. The van der Waals surface area contributed by atoms with E-state index in [9.17, 15) is 13.2 Å². The van der Waals surface area contributed by atoms with Crippen molar-refractivity contribution in [3.63, 3.8) is 0 Å². The van der Waals surface area contributed by atoms with Crippen molar-refractivity contribution in [3.05, 3.63) is 0 Å². The van der Waals surface area contributed by atoms with Gasteiger partial charge in [0.2, 0.25) is 15.4 Å². The minimum absolute atomic E-state index is 0.0661. The van der Waals surface area contributed by atoms with E-state index in [1.165, 1.54) is 4.31 Å². The number of hydrogen-bond donors (Lipinski definition) is 1. The number of aromatic nitrogens is 2. The topological polar surface area (TPSA) is 92.3 Å². The number of sulfonamides is 1. The second kappa shape index (κ2) is 5.38. The molecule has 0 atom stereocenters. The van der Waals surface area contributed by atoms with Crippen LogP contribution in [0.3, 0.4) is 0 Å². The molecular formula is C11H18N4O3S2. The quantitative estimate of drug-likeness (QED) is 0.848. The van der Waals surface area contributed by atoms with E-state index in [0.717, 1.165) is 24.2 Å². The van der Waals surface area contributed by atoms with Crippen LogP contribution in [-0.4, -0.2) is 41.9 Å². The van der Waals surface area contributed by atoms with E-state index in [1.54, 1.807) is 20.8 Å². The number of rotatable bonds is 3. The van der Waals surface area contributed by atoms with Gasteiger partial charge in [-0.25, -0.2) is 8.42 Å². The van der Waals surface area contributed by atoms with Crippen molar-refractivity contribution in [2.75, 3.05) is 18.4 Å². The maximum atomic E-state index is 12.3. The lowest BCUT2D eigenvalue weighted by Gasteiger charge is -2.15. The van der Waals surface area contributed by atoms with Crippen molar-refractivity contribution in [2.45, 2.75) is 38.0 Å². The molecule has 0 spiro atoms. The van der Waals surface area contributed by atoms with Crippen LogP contribution in [-0.2, 0) is 14.8 Å². The normalized spacial score (nSPS) is 17.4. The second-order valence-electron chi connectivity index (χ2n) is 5.69. The molecule has 1 saturated heterocycles. The second-order valence-corrected chi connectivity index (χ2v) is 8.78. The Hall–Kier alpha value is -1.06. The molecule has 0 radical (unpaired) electrons. The molecule has 20 heavy (non-hydrogen) atoms. The van der Waals surface area contributed by atoms with Gasteiger partial charge in [-0.15, -0.1) is 10.2 Å². The molecule has 0 bridgehead atoms. The molecule has 0 unspecified atom stereocenters. The third-order valence-electron chi connectivity index (χ3n) is 2.93. The van der Waals surface area contributed by atoms with Crippen LogP contribution in [0.2, 0.25) is 0 Å². The lowest BCUT2D eigenvalue weighted by Crippen LogP contribution is -2.27. The van der Waals surface area contributed by atoms with Gasteiger partial charge in [0.15, 0.2) is 0 Å². The number of hydrogen-bond acceptors (Lipinski definition) is 6. The van der Waals surface area contributed by atoms with E-state index >= 15 is 0 Å². The van der Waals surface area contributed by atoms with Gasteiger partial charge in [-0.3, -0.25) is 4.79 Å². The lowest BCUT2D eigenvalue weighted by atomic mass is 9.96. The van der Waals surface area contributed by atoms with E-state index in [2.05, 4.69) is 15.5 Å². The first-order valence-corrected chi connectivity index (χ1v) is 8.62. The number of carbonyl (C=O) groups is 1. The maximum Gasteiger partial charge on any atom is 0.272 e. The summed E-state index contributed by atoms with van der Waals surface area (Å²) in [5, 5.41) is 10.2. The van der Waals surface area contributed by atoms with Gasteiger partial charge in [0.1, 0.15) is 0 Å². The molecule has 2 heterocycles. The summed E-state index contributed by atoms with van der Waals surface area (Å²) >= 11 is 0.887. The Kier molecular flexibility index (Phi) is 4.12. The van der Waals surface area contributed by atoms with Crippen molar-refractivity contribution in [3.8, 4) is 0 Å². The number of carbonyl (C=O) groups excluding carboxylic acids is 1. The molecule has 0 aliphatic carbocycles. The van der Waals surface area contributed by atoms with E-state index in [4.69, 9.17) is 0 Å². The van der Waals surface area contributed by atoms with E-state index in [1.807, 2.05) is 0 Å². The summed E-state index contributed by atoms with van der Waals surface area (Å²) < 4.78 is 25.8. The first kappa shape index (κ1) is 15.3. The zero-order valence-corrected chi connectivity index (χ0v) is 13.3. The van der Waals surface area contributed by atoms with E-state index in [0.29, 0.717) is 13.1 Å². The Morgan fingerprint density at radius 2 is 1.85 bits per heavy atom. The lowest BCUT2D eigenvalue weighted by molar-refractivity contribution is -0.123. The summed E-state index contributed by atoms with van der Waals surface area (Å²) in [7, 11) is -3.56. The highest BCUT2D eigenvalue weighted by Gasteiger charge is 2.31. The molecule has 1 N–H and O–H groups in total. The van der Waals surface area contributed by atoms with Crippen LogP contribution in [0.15, 0.2) is 4.34 Å². The van der Waals surface area contributed by atoms with E-state index in [-0.39, 0.29) is 15.4 Å². The van der Waals surface area contributed by atoms with Crippen molar-refractivity contribution < 1.29 is 13.2 Å². The van der Waals surface area contributed by atoms with Gasteiger partial charge < -0.3 is 5.32 Å². The van der Waals surface area contributed by atoms with Crippen LogP contribution in [0.4, 0.5) is 5.13 Å². The van der Waals surface area contributed by atoms with Crippen LogP contribution in [0, 0.1) is 5.41 Å². The number of nitrogens with zero attached hydrogens (tertiary/aromatic N) is 3. The summed E-state index contributed by atoms with van der Waals surface area (Å²) in [5.74, 6) is -0.223. The highest BCUT2D eigenvalue weighted by Crippen LogP contribution is 2.26. The third kappa shape index (κ3) is 3.15. The maximum absolute atomic E-state index is 12.3. The van der Waals surface area contributed by atoms with Crippen LogP contribution < -0.4 is 5.32 Å². The minimum Gasteiger partial charge on any atom is -0.300 e. The monoisotopic (exact) mass is 318 g/mol. The van der Waals surface area contributed by atoms with Crippen molar-refractivity contribution in [1.29, 1.82) is 0 Å². The molecule has 1 aliphatic heterocycles. The van der Waals surface area contributed by atoms with Crippen molar-refractivity contribution in [2.24, 2.45) is 5.41 Å². The SMILES string of the molecule is CC(C)(C)C(=O)Nc1nnc(S(=O)(=O)N2CCCC2)s1. The number of anilines is 1. The number of amides is 1. The molecule has 1 aliphatic rings. The fourth-order valence-electron chi connectivity index (χ4n) is 1.69. The average molecular weight is 318 g/mol. The fraction of sp³-hybridized carbons (Fsp3) is 0.727. The fourth-order valence-corrected chi connectivity index (χ4v) is 4.24. The van der Waals surface area contributed by atoms with Gasteiger partial charge >= 0.3 is 0 Å². The van der Waals surface area contributed by atoms with Crippen LogP contribution in [0.1, 0.15) is 33.6 Å². The molecular weight excluding hydrogens is 300 g/mol. The number of nitrogens with one attached hydrogen (secondary N) is 1. The third-order valence-corrected chi connectivity index (χ3v) is 6.02. The van der Waals surface area contributed by atoms with Crippen LogP contribution in [0.5, 0.6) is 0 Å². The van der Waals surface area contributed by atoms with Crippen molar-refractivity contribution in [1.82, 2.24) is 14.5 Å². The van der Waals surface area contributed by atoms with Gasteiger partial charge in [-0.1, -0.05) is 32.1 Å². The predicted molar refractivity (Wildman–Crippen MR) is 76.0 cm³/mol. The summed E-state index contributed by atoms with van der Waals surface area (Å²) in [4.78, 5) is 11.8. The predicted octanol–water partition coefficient (Wildman–Crippen LogP) is 1.31. The summed E-state index contributed by atoms with van der Waals surface area (Å²) in [6.07, 6.45) is 1.73. The van der Waals surface area contributed by atoms with Gasteiger partial charge in [0, 0.05) is 18.5 Å². The highest BCUT2D eigenvalue weighted by molar-refractivity contribution is 7.91. The smallest absolute Gasteiger partial charge is 0.272 e. The first-order valence-electron chi connectivity index (χ1n) is 6.36. The average Bonchev–Trinajstić information content (AvgIpc) is 2.98. The molecule has 7 nitrogen and oxygen atoms in total. The molecule has 1 amide bonds. The molecule has 1 fully saturated rings. The van der Waals surface area contributed by atoms with Gasteiger partial charge in [0.25, 0.3) is 10.0 Å². The Bertz CT molecular complexity index is 597. The molecule has 0 aromatic carbocycles. The van der Waals surface area contributed by atoms with Crippen LogP contribution in [0.25, 0.3) is 0 Å². The van der Waals surface area contributed by atoms with Gasteiger partial charge in [-0.05, 0) is 12.8 Å². The van der Waals surface area contributed by atoms with Gasteiger partial charge in [-0.2, -0.15) is 4.31 Å². The summed E-state index contributed by atoms with van der Waals surface area (Å²) in [5.41, 5.74) is -0.570. The zero-order valence-electron chi connectivity index (χ0n) is 11.7. The van der Waals surface area contributed by atoms with E-state index < -0.39 is 15.4 Å². The Morgan fingerprint density at radius 3 is 2.40 bits per heavy atom. The highest BCUT2D eigenvalue weighted by atomic mass is 32.2. The molecule has 9 heteroatoms. The van der Waals surface area contributed by atoms with Gasteiger partial charge in [0.05, 0.1) is 0 Å². The van der Waals surface area contributed by atoms with Crippen LogP contribution >= 0.6 is 11.3 Å². The zero-order chi connectivity index (χ0) is 15.0. The Balaban J connectivity index is 2.15. The Morgan fingerprint density at radius 1 is 1.25 bits per heavy atom. The molecule has 1 aromatic heterocycles.